The second kappa shape index (κ2) is 7.34. The fourth-order valence-electron chi connectivity index (χ4n) is 3.31. The first-order chi connectivity index (χ1) is 13.9. The zero-order valence-corrected chi connectivity index (χ0v) is 15.0. The van der Waals surface area contributed by atoms with Crippen molar-refractivity contribution in [3.63, 3.8) is 0 Å². The van der Waals surface area contributed by atoms with Crippen molar-refractivity contribution in [2.75, 3.05) is 11.9 Å². The highest BCUT2D eigenvalue weighted by atomic mass is 19.1. The first kappa shape index (κ1) is 18.6. The van der Waals surface area contributed by atoms with Crippen LogP contribution in [0.15, 0.2) is 48.7 Å². The number of nitrogens with one attached hydrogen (secondary N) is 3. The Morgan fingerprint density at radius 1 is 1.14 bits per heavy atom. The van der Waals surface area contributed by atoms with Crippen LogP contribution in [0.5, 0.6) is 0 Å². The third kappa shape index (κ3) is 3.66. The normalized spacial score (nSPS) is 16.3. The van der Waals surface area contributed by atoms with Gasteiger partial charge in [-0.3, -0.25) is 14.5 Å². The molecule has 1 fully saturated rings. The number of hydrogen-bond donors (Lipinski definition) is 3. The molecule has 1 aliphatic heterocycles. The van der Waals surface area contributed by atoms with Gasteiger partial charge in [0.15, 0.2) is 0 Å². The fourth-order valence-corrected chi connectivity index (χ4v) is 3.31. The molecule has 1 atom stereocenters. The number of fused-ring (bicyclic) bond motifs is 1. The van der Waals surface area contributed by atoms with Crippen molar-refractivity contribution in [1.82, 2.24) is 15.2 Å². The molecular formula is C20H16F2N4O3. The highest BCUT2D eigenvalue weighted by Gasteiger charge is 2.39. The summed E-state index contributed by atoms with van der Waals surface area (Å²) >= 11 is 0. The van der Waals surface area contributed by atoms with Crippen molar-refractivity contribution < 1.29 is 23.2 Å². The van der Waals surface area contributed by atoms with E-state index < -0.39 is 42.1 Å². The molecule has 0 saturated carbocycles. The van der Waals surface area contributed by atoms with Gasteiger partial charge in [-0.25, -0.2) is 13.6 Å². The molecular weight excluding hydrogens is 382 g/mol. The molecule has 4 amide bonds. The number of carbonyl (C=O) groups is 3. The number of aromatic nitrogens is 1. The van der Waals surface area contributed by atoms with E-state index in [1.807, 2.05) is 24.3 Å². The molecule has 2 aromatic carbocycles. The molecule has 29 heavy (non-hydrogen) atoms. The zero-order chi connectivity index (χ0) is 20.5. The zero-order valence-electron chi connectivity index (χ0n) is 15.0. The number of aromatic amines is 1. The number of carbonyl (C=O) groups excluding carboxylic acids is 3. The molecule has 3 N–H and O–H groups in total. The molecule has 7 nitrogen and oxygen atoms in total. The van der Waals surface area contributed by atoms with Crippen LogP contribution in [-0.4, -0.2) is 40.3 Å². The maximum atomic E-state index is 13.7. The predicted octanol–water partition coefficient (Wildman–Crippen LogP) is 2.55. The number of benzene rings is 2. The number of amides is 4. The van der Waals surface area contributed by atoms with Crippen LogP contribution >= 0.6 is 0 Å². The molecule has 0 spiro atoms. The molecule has 0 bridgehead atoms. The van der Waals surface area contributed by atoms with E-state index in [4.69, 9.17) is 0 Å². The summed E-state index contributed by atoms with van der Waals surface area (Å²) in [6.45, 7) is -0.578. The smallest absolute Gasteiger partial charge is 0.325 e. The van der Waals surface area contributed by atoms with Crippen LogP contribution in [0.3, 0.4) is 0 Å². The van der Waals surface area contributed by atoms with Crippen molar-refractivity contribution in [3.8, 4) is 0 Å². The van der Waals surface area contributed by atoms with E-state index in [9.17, 15) is 23.2 Å². The van der Waals surface area contributed by atoms with Crippen LogP contribution in [0.25, 0.3) is 10.9 Å². The first-order valence-corrected chi connectivity index (χ1v) is 8.84. The van der Waals surface area contributed by atoms with E-state index in [1.165, 1.54) is 0 Å². The Labute approximate surface area is 163 Å². The molecule has 4 rings (SSSR count). The third-order valence-electron chi connectivity index (χ3n) is 4.71. The van der Waals surface area contributed by atoms with E-state index >= 15 is 0 Å². The van der Waals surface area contributed by atoms with E-state index in [-0.39, 0.29) is 12.1 Å². The Hall–Kier alpha value is -3.75. The molecule has 148 valence electrons. The summed E-state index contributed by atoms with van der Waals surface area (Å²) in [7, 11) is 0. The van der Waals surface area contributed by atoms with Crippen LogP contribution in [-0.2, 0) is 16.0 Å². The van der Waals surface area contributed by atoms with E-state index in [2.05, 4.69) is 15.6 Å². The Morgan fingerprint density at radius 3 is 2.72 bits per heavy atom. The van der Waals surface area contributed by atoms with Crippen LogP contribution < -0.4 is 10.6 Å². The molecule has 0 radical (unpaired) electrons. The topological polar surface area (TPSA) is 94.3 Å². The molecule has 3 aromatic rings. The molecule has 2 heterocycles. The highest BCUT2D eigenvalue weighted by Crippen LogP contribution is 2.21. The fraction of sp³-hybridized carbons (Fsp3) is 0.150. The van der Waals surface area contributed by atoms with Crippen LogP contribution in [0.4, 0.5) is 19.3 Å². The monoisotopic (exact) mass is 398 g/mol. The summed E-state index contributed by atoms with van der Waals surface area (Å²) in [4.78, 5) is 40.8. The van der Waals surface area contributed by atoms with Crippen molar-refractivity contribution in [1.29, 1.82) is 0 Å². The van der Waals surface area contributed by atoms with Crippen LogP contribution in [0.1, 0.15) is 5.56 Å². The number of para-hydroxylation sites is 1. The molecule has 1 aliphatic rings. The second-order valence-corrected chi connectivity index (χ2v) is 6.66. The summed E-state index contributed by atoms with van der Waals surface area (Å²) in [6, 6.07) is 8.74. The minimum atomic E-state index is -0.951. The number of hydrogen-bond acceptors (Lipinski definition) is 3. The highest BCUT2D eigenvalue weighted by molar-refractivity contribution is 6.08. The predicted molar refractivity (Wildman–Crippen MR) is 101 cm³/mol. The van der Waals surface area contributed by atoms with E-state index in [1.54, 1.807) is 6.20 Å². The standard InChI is InChI=1S/C20H16F2N4O3/c21-12-5-6-16(14(22)8-12)24-18(27)10-26-19(28)17(25-20(26)29)7-11-9-23-15-4-2-1-3-13(11)15/h1-6,8-9,17,23H,7,10H2,(H,24,27)(H,25,29)/t17-/m1/s1. The van der Waals surface area contributed by atoms with Gasteiger partial charge in [0.25, 0.3) is 5.91 Å². The van der Waals surface area contributed by atoms with Gasteiger partial charge in [0.2, 0.25) is 5.91 Å². The van der Waals surface area contributed by atoms with Gasteiger partial charge in [-0.2, -0.15) is 0 Å². The Bertz CT molecular complexity index is 1130. The largest absolute Gasteiger partial charge is 0.361 e. The molecule has 0 unspecified atom stereocenters. The van der Waals surface area contributed by atoms with Gasteiger partial charge in [-0.15, -0.1) is 0 Å². The van der Waals surface area contributed by atoms with Crippen LogP contribution in [0, 0.1) is 11.6 Å². The Morgan fingerprint density at radius 2 is 1.93 bits per heavy atom. The minimum absolute atomic E-state index is 0.237. The van der Waals surface area contributed by atoms with Gasteiger partial charge in [0.1, 0.15) is 24.2 Å². The van der Waals surface area contributed by atoms with Crippen molar-refractivity contribution in [2.45, 2.75) is 12.5 Å². The van der Waals surface area contributed by atoms with Crippen molar-refractivity contribution >= 4 is 34.4 Å². The van der Waals surface area contributed by atoms with Gasteiger partial charge in [0, 0.05) is 29.6 Å². The quantitative estimate of drug-likeness (QED) is 0.577. The lowest BCUT2D eigenvalue weighted by Crippen LogP contribution is -2.38. The van der Waals surface area contributed by atoms with Crippen LogP contribution in [0.2, 0.25) is 0 Å². The van der Waals surface area contributed by atoms with E-state index in [0.717, 1.165) is 33.5 Å². The van der Waals surface area contributed by atoms with Crippen molar-refractivity contribution in [3.05, 3.63) is 65.9 Å². The summed E-state index contributed by atoms with van der Waals surface area (Å²) in [5, 5.41) is 5.74. The Kier molecular flexibility index (Phi) is 4.71. The summed E-state index contributed by atoms with van der Waals surface area (Å²) in [5.74, 6) is -3.05. The maximum absolute atomic E-state index is 13.7. The lowest BCUT2D eigenvalue weighted by molar-refractivity contribution is -0.130. The minimum Gasteiger partial charge on any atom is -0.361 e. The number of urea groups is 1. The van der Waals surface area contributed by atoms with Gasteiger partial charge in [0.05, 0.1) is 5.69 Å². The molecule has 0 aliphatic carbocycles. The van der Waals surface area contributed by atoms with Gasteiger partial charge < -0.3 is 15.6 Å². The molecule has 1 saturated heterocycles. The average Bonchev–Trinajstić information content (AvgIpc) is 3.21. The second-order valence-electron chi connectivity index (χ2n) is 6.66. The number of rotatable bonds is 5. The molecule has 9 heteroatoms. The Balaban J connectivity index is 1.43. The maximum Gasteiger partial charge on any atom is 0.325 e. The number of halogens is 2. The number of imide groups is 1. The summed E-state index contributed by atoms with van der Waals surface area (Å²) in [5.41, 5.74) is 1.54. The van der Waals surface area contributed by atoms with Gasteiger partial charge in [-0.1, -0.05) is 18.2 Å². The first-order valence-electron chi connectivity index (χ1n) is 8.84. The summed E-state index contributed by atoms with van der Waals surface area (Å²) < 4.78 is 26.6. The number of nitrogens with zero attached hydrogens (tertiary/aromatic N) is 1. The number of anilines is 1. The van der Waals surface area contributed by atoms with Gasteiger partial charge >= 0.3 is 6.03 Å². The number of H-pyrrole nitrogens is 1. The SMILES string of the molecule is O=C(CN1C(=O)N[C@H](Cc2c[nH]c3ccccc23)C1=O)Nc1ccc(F)cc1F. The van der Waals surface area contributed by atoms with Gasteiger partial charge in [-0.05, 0) is 23.8 Å². The van der Waals surface area contributed by atoms with Crippen molar-refractivity contribution in [2.24, 2.45) is 0 Å². The molecule has 1 aromatic heterocycles. The lowest BCUT2D eigenvalue weighted by Gasteiger charge is -2.13. The summed E-state index contributed by atoms with van der Waals surface area (Å²) in [6.07, 6.45) is 2.04. The lowest BCUT2D eigenvalue weighted by atomic mass is 10.1. The average molecular weight is 398 g/mol. The third-order valence-corrected chi connectivity index (χ3v) is 4.71. The van der Waals surface area contributed by atoms with E-state index in [0.29, 0.717) is 6.07 Å².